The molecule has 0 aliphatic rings. The number of carbonyl (C=O) groups excluding carboxylic acids is 1. The van der Waals surface area contributed by atoms with Gasteiger partial charge >= 0.3 is 0 Å². The summed E-state index contributed by atoms with van der Waals surface area (Å²) in [6, 6.07) is 21.1. The number of halogens is 1. The first kappa shape index (κ1) is 24.1. The van der Waals surface area contributed by atoms with E-state index >= 15 is 0 Å². The van der Waals surface area contributed by atoms with Crippen molar-refractivity contribution in [1.82, 2.24) is 20.2 Å². The van der Waals surface area contributed by atoms with Gasteiger partial charge < -0.3 is 15.5 Å². The van der Waals surface area contributed by atoms with E-state index in [9.17, 15) is 15.0 Å². The molecule has 3 aromatic carbocycles. The van der Waals surface area contributed by atoms with Gasteiger partial charge in [-0.2, -0.15) is 5.10 Å². The zero-order valence-electron chi connectivity index (χ0n) is 18.3. The Balaban J connectivity index is 1.42. The van der Waals surface area contributed by atoms with Gasteiger partial charge in [0.2, 0.25) is 0 Å². The Hall–Kier alpha value is -4.02. The topological polar surface area (TPSA) is 125 Å². The van der Waals surface area contributed by atoms with Gasteiger partial charge in [-0.1, -0.05) is 41.6 Å². The van der Waals surface area contributed by atoms with Crippen LogP contribution in [0, 0.1) is 0 Å². The number of rotatable bonds is 9. The van der Waals surface area contributed by atoms with E-state index in [1.165, 1.54) is 36.2 Å². The van der Waals surface area contributed by atoms with Crippen molar-refractivity contribution in [1.29, 1.82) is 0 Å². The van der Waals surface area contributed by atoms with Crippen molar-refractivity contribution in [3.8, 4) is 17.2 Å². The highest BCUT2D eigenvalue weighted by molar-refractivity contribution is 7.99. The van der Waals surface area contributed by atoms with Crippen LogP contribution in [0.15, 0.2) is 83.1 Å². The molecule has 4 rings (SSSR count). The van der Waals surface area contributed by atoms with Crippen LogP contribution in [-0.4, -0.2) is 42.9 Å². The van der Waals surface area contributed by atoms with Crippen LogP contribution in [0.25, 0.3) is 5.69 Å². The van der Waals surface area contributed by atoms with Gasteiger partial charge in [-0.05, 0) is 48.5 Å². The number of anilines is 1. The van der Waals surface area contributed by atoms with Crippen LogP contribution in [0.5, 0.6) is 11.5 Å². The smallest absolute Gasteiger partial charge is 0.250 e. The minimum Gasteiger partial charge on any atom is -0.508 e. The standard InChI is InChI=1S/C24H21ClN6O3S/c25-17-7-9-18(10-8-17)26-14-22-28-30-24(31(22)19-4-2-1-3-5-19)35-15-23(34)29-27-13-16-6-11-20(32)12-21(16)33/h1-13,26,32-33H,14-15H2,(H,29,34)/b27-13+. The van der Waals surface area contributed by atoms with E-state index in [0.717, 1.165) is 11.4 Å². The van der Waals surface area contributed by atoms with E-state index in [1.54, 1.807) is 12.1 Å². The van der Waals surface area contributed by atoms with Gasteiger partial charge in [0.05, 0.1) is 18.5 Å². The number of aromatic nitrogens is 3. The summed E-state index contributed by atoms with van der Waals surface area (Å²) in [6.07, 6.45) is 1.30. The van der Waals surface area contributed by atoms with E-state index in [0.29, 0.717) is 28.1 Å². The van der Waals surface area contributed by atoms with Crippen LogP contribution in [0.3, 0.4) is 0 Å². The van der Waals surface area contributed by atoms with Gasteiger partial charge in [0, 0.05) is 28.0 Å². The predicted octanol–water partition coefficient (Wildman–Crippen LogP) is 4.19. The monoisotopic (exact) mass is 508 g/mol. The fourth-order valence-corrected chi connectivity index (χ4v) is 3.96. The van der Waals surface area contributed by atoms with Gasteiger partial charge in [-0.15, -0.1) is 10.2 Å². The Bertz CT molecular complexity index is 1330. The Morgan fingerprint density at radius 1 is 1.06 bits per heavy atom. The van der Waals surface area contributed by atoms with Crippen molar-refractivity contribution < 1.29 is 15.0 Å². The molecule has 4 N–H and O–H groups in total. The second-order valence-electron chi connectivity index (χ2n) is 7.26. The molecule has 0 spiro atoms. The van der Waals surface area contributed by atoms with Crippen LogP contribution < -0.4 is 10.7 Å². The molecule has 0 atom stereocenters. The minimum atomic E-state index is -0.354. The summed E-state index contributed by atoms with van der Waals surface area (Å²) < 4.78 is 1.89. The highest BCUT2D eigenvalue weighted by atomic mass is 35.5. The fourth-order valence-electron chi connectivity index (χ4n) is 3.07. The lowest BCUT2D eigenvalue weighted by molar-refractivity contribution is -0.118. The second-order valence-corrected chi connectivity index (χ2v) is 8.63. The average Bonchev–Trinajstić information content (AvgIpc) is 3.27. The SMILES string of the molecule is O=C(CSc1nnc(CNc2ccc(Cl)cc2)n1-c1ccccc1)N/N=C/c1ccc(O)cc1O. The summed E-state index contributed by atoms with van der Waals surface area (Å²) in [6.45, 7) is 0.413. The predicted molar refractivity (Wildman–Crippen MR) is 136 cm³/mol. The minimum absolute atomic E-state index is 0.0501. The number of aromatic hydroxyl groups is 2. The molecule has 0 aliphatic heterocycles. The molecule has 35 heavy (non-hydrogen) atoms. The highest BCUT2D eigenvalue weighted by Crippen LogP contribution is 2.23. The molecule has 9 nitrogen and oxygen atoms in total. The molecule has 1 aromatic heterocycles. The van der Waals surface area contributed by atoms with Crippen molar-refractivity contribution in [2.24, 2.45) is 5.10 Å². The summed E-state index contributed by atoms with van der Waals surface area (Å²) in [5.41, 5.74) is 4.54. The molecule has 0 unspecified atom stereocenters. The van der Waals surface area contributed by atoms with Crippen LogP contribution in [0.4, 0.5) is 5.69 Å². The van der Waals surface area contributed by atoms with Gasteiger partial charge in [0.15, 0.2) is 11.0 Å². The number of para-hydroxylation sites is 1. The first-order valence-corrected chi connectivity index (χ1v) is 11.8. The molecular formula is C24H21ClN6O3S. The first-order chi connectivity index (χ1) is 17.0. The van der Waals surface area contributed by atoms with Crippen molar-refractivity contribution in [3.05, 3.63) is 89.2 Å². The maximum atomic E-state index is 12.3. The van der Waals surface area contributed by atoms with Crippen molar-refractivity contribution in [2.45, 2.75) is 11.7 Å². The number of nitrogens with zero attached hydrogens (tertiary/aromatic N) is 4. The number of hydrogen-bond donors (Lipinski definition) is 4. The summed E-state index contributed by atoms with van der Waals surface area (Å²) in [5.74, 6) is 0.162. The quantitative estimate of drug-likeness (QED) is 0.152. The summed E-state index contributed by atoms with van der Waals surface area (Å²) in [5, 5.41) is 36.1. The molecule has 0 saturated heterocycles. The van der Waals surface area contributed by atoms with Crippen molar-refractivity contribution in [2.75, 3.05) is 11.1 Å². The molecule has 0 radical (unpaired) electrons. The molecule has 0 aliphatic carbocycles. The molecular weight excluding hydrogens is 488 g/mol. The molecule has 11 heteroatoms. The molecule has 0 saturated carbocycles. The number of thioether (sulfide) groups is 1. The number of phenols is 2. The third-order valence-electron chi connectivity index (χ3n) is 4.75. The van der Waals surface area contributed by atoms with Crippen LogP contribution in [0.1, 0.15) is 11.4 Å². The lowest BCUT2D eigenvalue weighted by atomic mass is 10.2. The third-order valence-corrected chi connectivity index (χ3v) is 5.93. The maximum absolute atomic E-state index is 12.3. The number of benzene rings is 3. The van der Waals surface area contributed by atoms with E-state index in [4.69, 9.17) is 11.6 Å². The lowest BCUT2D eigenvalue weighted by Gasteiger charge is -2.11. The van der Waals surface area contributed by atoms with Gasteiger partial charge in [0.1, 0.15) is 11.5 Å². The summed E-state index contributed by atoms with van der Waals surface area (Å²) in [4.78, 5) is 12.3. The zero-order valence-corrected chi connectivity index (χ0v) is 19.9. The van der Waals surface area contributed by atoms with Crippen LogP contribution in [0.2, 0.25) is 5.02 Å². The Morgan fingerprint density at radius 2 is 1.83 bits per heavy atom. The van der Waals surface area contributed by atoms with Gasteiger partial charge in [-0.3, -0.25) is 9.36 Å². The molecule has 4 aromatic rings. The number of nitrogens with one attached hydrogen (secondary N) is 2. The van der Waals surface area contributed by atoms with E-state index in [-0.39, 0.29) is 23.2 Å². The van der Waals surface area contributed by atoms with E-state index < -0.39 is 0 Å². The van der Waals surface area contributed by atoms with E-state index in [1.807, 2.05) is 47.0 Å². The van der Waals surface area contributed by atoms with Crippen LogP contribution in [-0.2, 0) is 11.3 Å². The highest BCUT2D eigenvalue weighted by Gasteiger charge is 2.16. The van der Waals surface area contributed by atoms with Gasteiger partial charge in [-0.25, -0.2) is 5.43 Å². The molecule has 1 amide bonds. The molecule has 1 heterocycles. The van der Waals surface area contributed by atoms with Crippen LogP contribution >= 0.6 is 23.4 Å². The molecule has 0 bridgehead atoms. The number of hydrogen-bond acceptors (Lipinski definition) is 8. The van der Waals surface area contributed by atoms with E-state index in [2.05, 4.69) is 26.0 Å². The summed E-state index contributed by atoms with van der Waals surface area (Å²) in [7, 11) is 0. The van der Waals surface area contributed by atoms with Crippen molar-refractivity contribution in [3.63, 3.8) is 0 Å². The molecule has 178 valence electrons. The molecule has 0 fully saturated rings. The fraction of sp³-hybridized carbons (Fsp3) is 0.0833. The average molecular weight is 509 g/mol. The first-order valence-electron chi connectivity index (χ1n) is 10.5. The Morgan fingerprint density at radius 3 is 2.57 bits per heavy atom. The maximum Gasteiger partial charge on any atom is 0.250 e. The number of phenolic OH excluding ortho intramolecular Hbond substituents is 2. The summed E-state index contributed by atoms with van der Waals surface area (Å²) >= 11 is 7.18. The van der Waals surface area contributed by atoms with Crippen molar-refractivity contribution >= 4 is 41.2 Å². The van der Waals surface area contributed by atoms with Gasteiger partial charge in [0.25, 0.3) is 5.91 Å². The normalized spacial score (nSPS) is 11.0. The second kappa shape index (κ2) is 11.4. The Kier molecular flexibility index (Phi) is 7.86. The zero-order chi connectivity index (χ0) is 24.6. The number of amides is 1. The number of carbonyl (C=O) groups is 1. The number of hydrazone groups is 1. The largest absolute Gasteiger partial charge is 0.508 e. The Labute approximate surface area is 210 Å². The third kappa shape index (κ3) is 6.52. The lowest BCUT2D eigenvalue weighted by Crippen LogP contribution is -2.20.